The molecule has 1 N–H and O–H groups in total. The number of terminal acetylenes is 1. The Hall–Kier alpha value is -1.01. The molecule has 0 bridgehead atoms. The summed E-state index contributed by atoms with van der Waals surface area (Å²) in [5.74, 6) is 2.39. The topological polar surface area (TPSA) is 38.3 Å². The summed E-state index contributed by atoms with van der Waals surface area (Å²) >= 11 is 0. The molecule has 0 spiro atoms. The third kappa shape index (κ3) is 9.30. The van der Waals surface area contributed by atoms with Crippen molar-refractivity contribution in [2.24, 2.45) is 0 Å². The van der Waals surface area contributed by atoms with Crippen LogP contribution in [0.2, 0.25) is 0 Å². The van der Waals surface area contributed by atoms with Gasteiger partial charge in [-0.15, -0.1) is 12.3 Å². The highest BCUT2D eigenvalue weighted by Crippen LogP contribution is 2.07. The Balaban J connectivity index is 3.61. The molecule has 0 rings (SSSR count). The van der Waals surface area contributed by atoms with Gasteiger partial charge in [0.25, 0.3) is 0 Å². The van der Waals surface area contributed by atoms with E-state index in [0.29, 0.717) is 19.4 Å². The lowest BCUT2D eigenvalue weighted by atomic mass is 10.2. The van der Waals surface area contributed by atoms with Crippen molar-refractivity contribution in [2.45, 2.75) is 52.2 Å². The van der Waals surface area contributed by atoms with Crippen LogP contribution in [0.5, 0.6) is 0 Å². The van der Waals surface area contributed by atoms with E-state index in [1.165, 1.54) is 0 Å². The summed E-state index contributed by atoms with van der Waals surface area (Å²) in [6.07, 6.45) is 6.22. The summed E-state index contributed by atoms with van der Waals surface area (Å²) < 4.78 is 5.16. The molecule has 0 saturated carbocycles. The van der Waals surface area contributed by atoms with Crippen LogP contribution in [0.4, 0.5) is 0 Å². The van der Waals surface area contributed by atoms with Crippen molar-refractivity contribution in [1.29, 1.82) is 0 Å². The molecule has 0 fully saturated rings. The van der Waals surface area contributed by atoms with Crippen molar-refractivity contribution in [2.75, 3.05) is 6.54 Å². The van der Waals surface area contributed by atoms with Gasteiger partial charge in [-0.1, -0.05) is 0 Å². The molecule has 0 aliphatic carbocycles. The number of ether oxygens (including phenoxy) is 1. The van der Waals surface area contributed by atoms with E-state index in [4.69, 9.17) is 11.2 Å². The molecule has 3 heteroatoms. The van der Waals surface area contributed by atoms with E-state index in [1.807, 2.05) is 27.7 Å². The number of hydrogen-bond donors (Lipinski definition) is 1. The molecular formula is C12H21NO2. The summed E-state index contributed by atoms with van der Waals surface area (Å²) in [6, 6.07) is 0.248. The molecule has 86 valence electrons. The molecule has 0 aliphatic rings. The predicted octanol–water partition coefficient (Wildman–Crippen LogP) is 1.72. The average molecular weight is 211 g/mol. The lowest BCUT2D eigenvalue weighted by molar-refractivity contribution is -0.154. The number of hydrogen-bond acceptors (Lipinski definition) is 3. The van der Waals surface area contributed by atoms with Gasteiger partial charge in [0.2, 0.25) is 0 Å². The van der Waals surface area contributed by atoms with Gasteiger partial charge in [-0.25, -0.2) is 0 Å². The molecule has 0 aliphatic heterocycles. The maximum absolute atomic E-state index is 11.3. The predicted molar refractivity (Wildman–Crippen MR) is 61.4 cm³/mol. The molecule has 0 amide bonds. The molecule has 0 heterocycles. The zero-order chi connectivity index (χ0) is 11.9. The second-order valence-corrected chi connectivity index (χ2v) is 4.60. The van der Waals surface area contributed by atoms with Gasteiger partial charge in [0.1, 0.15) is 5.60 Å². The molecular weight excluding hydrogens is 190 g/mol. The summed E-state index contributed by atoms with van der Waals surface area (Å²) in [6.45, 7) is 8.19. The van der Waals surface area contributed by atoms with Crippen molar-refractivity contribution < 1.29 is 9.53 Å². The van der Waals surface area contributed by atoms with E-state index in [0.717, 1.165) is 0 Å². The monoisotopic (exact) mass is 211 g/mol. The molecule has 0 aromatic rings. The standard InChI is InChI=1S/C12H21NO2/c1-6-7-10(2)13-9-8-11(14)15-12(3,4)5/h1,10,13H,7-9H2,2-5H3. The van der Waals surface area contributed by atoms with Crippen LogP contribution in [0, 0.1) is 12.3 Å². The molecule has 0 saturated heterocycles. The smallest absolute Gasteiger partial charge is 0.307 e. The fraction of sp³-hybridized carbons (Fsp3) is 0.750. The van der Waals surface area contributed by atoms with Crippen LogP contribution in [0.15, 0.2) is 0 Å². The highest BCUT2D eigenvalue weighted by Gasteiger charge is 2.15. The highest BCUT2D eigenvalue weighted by molar-refractivity contribution is 5.70. The lowest BCUT2D eigenvalue weighted by Crippen LogP contribution is -2.30. The zero-order valence-corrected chi connectivity index (χ0v) is 10.1. The molecule has 1 atom stereocenters. The van der Waals surface area contributed by atoms with Gasteiger partial charge in [0, 0.05) is 19.0 Å². The van der Waals surface area contributed by atoms with Gasteiger partial charge in [-0.2, -0.15) is 0 Å². The Kier molecular flexibility index (Phi) is 6.03. The maximum atomic E-state index is 11.3. The fourth-order valence-electron chi connectivity index (χ4n) is 1.06. The summed E-state index contributed by atoms with van der Waals surface area (Å²) in [4.78, 5) is 11.3. The van der Waals surface area contributed by atoms with Gasteiger partial charge in [0.05, 0.1) is 6.42 Å². The van der Waals surface area contributed by atoms with Gasteiger partial charge < -0.3 is 10.1 Å². The van der Waals surface area contributed by atoms with Crippen molar-refractivity contribution in [1.82, 2.24) is 5.32 Å². The fourth-order valence-corrected chi connectivity index (χ4v) is 1.06. The second kappa shape index (κ2) is 6.47. The van der Waals surface area contributed by atoms with Gasteiger partial charge in [0.15, 0.2) is 0 Å². The van der Waals surface area contributed by atoms with Crippen molar-refractivity contribution in [3.63, 3.8) is 0 Å². The summed E-state index contributed by atoms with van der Waals surface area (Å²) in [5, 5.41) is 3.16. The van der Waals surface area contributed by atoms with E-state index in [1.54, 1.807) is 0 Å². The van der Waals surface area contributed by atoms with Gasteiger partial charge in [-0.3, -0.25) is 4.79 Å². The number of carbonyl (C=O) groups is 1. The van der Waals surface area contributed by atoms with E-state index in [9.17, 15) is 4.79 Å². The van der Waals surface area contributed by atoms with Crippen molar-refractivity contribution >= 4 is 5.97 Å². The molecule has 0 aromatic heterocycles. The number of rotatable bonds is 5. The Morgan fingerprint density at radius 1 is 1.53 bits per heavy atom. The van der Waals surface area contributed by atoms with Crippen LogP contribution in [-0.2, 0) is 9.53 Å². The van der Waals surface area contributed by atoms with E-state index < -0.39 is 5.60 Å². The number of nitrogens with one attached hydrogen (secondary N) is 1. The first kappa shape index (κ1) is 14.0. The van der Waals surface area contributed by atoms with Crippen LogP contribution < -0.4 is 5.32 Å². The van der Waals surface area contributed by atoms with E-state index >= 15 is 0 Å². The van der Waals surface area contributed by atoms with Crippen LogP contribution in [-0.4, -0.2) is 24.2 Å². The summed E-state index contributed by atoms with van der Waals surface area (Å²) in [5.41, 5.74) is -0.401. The Morgan fingerprint density at radius 2 is 2.13 bits per heavy atom. The molecule has 0 aromatic carbocycles. The van der Waals surface area contributed by atoms with E-state index in [2.05, 4.69) is 11.2 Å². The quantitative estimate of drug-likeness (QED) is 0.556. The molecule has 3 nitrogen and oxygen atoms in total. The van der Waals surface area contributed by atoms with Gasteiger partial charge in [-0.05, 0) is 27.7 Å². The first-order valence-corrected chi connectivity index (χ1v) is 5.24. The highest BCUT2D eigenvalue weighted by atomic mass is 16.6. The Labute approximate surface area is 92.6 Å². The minimum Gasteiger partial charge on any atom is -0.460 e. The minimum absolute atomic E-state index is 0.178. The first-order chi connectivity index (χ1) is 6.85. The van der Waals surface area contributed by atoms with E-state index in [-0.39, 0.29) is 12.0 Å². The van der Waals surface area contributed by atoms with Crippen molar-refractivity contribution in [3.8, 4) is 12.3 Å². The number of carbonyl (C=O) groups excluding carboxylic acids is 1. The van der Waals surface area contributed by atoms with Crippen LogP contribution in [0.3, 0.4) is 0 Å². The Morgan fingerprint density at radius 3 is 2.60 bits per heavy atom. The van der Waals surface area contributed by atoms with Crippen LogP contribution in [0.1, 0.15) is 40.5 Å². The molecule has 15 heavy (non-hydrogen) atoms. The van der Waals surface area contributed by atoms with Crippen LogP contribution >= 0.6 is 0 Å². The second-order valence-electron chi connectivity index (χ2n) is 4.60. The third-order valence-corrected chi connectivity index (χ3v) is 1.67. The zero-order valence-electron chi connectivity index (χ0n) is 10.1. The largest absolute Gasteiger partial charge is 0.460 e. The van der Waals surface area contributed by atoms with Gasteiger partial charge >= 0.3 is 5.97 Å². The van der Waals surface area contributed by atoms with Crippen LogP contribution in [0.25, 0.3) is 0 Å². The lowest BCUT2D eigenvalue weighted by Gasteiger charge is -2.19. The Bertz CT molecular complexity index is 235. The summed E-state index contributed by atoms with van der Waals surface area (Å²) in [7, 11) is 0. The minimum atomic E-state index is -0.401. The SMILES string of the molecule is C#CCC(C)NCCC(=O)OC(C)(C)C. The molecule has 1 unspecified atom stereocenters. The van der Waals surface area contributed by atoms with Crippen molar-refractivity contribution in [3.05, 3.63) is 0 Å². The third-order valence-electron chi connectivity index (χ3n) is 1.67. The maximum Gasteiger partial charge on any atom is 0.307 e. The first-order valence-electron chi connectivity index (χ1n) is 5.24. The normalized spacial score (nSPS) is 13.0. The molecule has 0 radical (unpaired) electrons. The number of esters is 1. The average Bonchev–Trinajstić information content (AvgIpc) is 2.00.